The molecule has 16 heavy (non-hydrogen) atoms. The van der Waals surface area contributed by atoms with Gasteiger partial charge >= 0.3 is 0 Å². The summed E-state index contributed by atoms with van der Waals surface area (Å²) in [7, 11) is 0. The maximum Gasteiger partial charge on any atom is 0.0808 e. The molecule has 2 heterocycles. The lowest BCUT2D eigenvalue weighted by molar-refractivity contribution is 0.110. The summed E-state index contributed by atoms with van der Waals surface area (Å²) in [6.07, 6.45) is 4.90. The quantitative estimate of drug-likeness (QED) is 0.764. The normalized spacial score (nSPS) is 25.6. The Labute approximate surface area is 95.4 Å². The van der Waals surface area contributed by atoms with Crippen molar-refractivity contribution in [2.75, 3.05) is 31.3 Å². The summed E-state index contributed by atoms with van der Waals surface area (Å²) in [5, 5.41) is 12.2. The molecule has 1 unspecified atom stereocenters. The lowest BCUT2D eigenvalue weighted by Gasteiger charge is -2.32. The zero-order chi connectivity index (χ0) is 11.0. The van der Waals surface area contributed by atoms with Gasteiger partial charge < -0.3 is 14.9 Å². The maximum atomic E-state index is 9.92. The molecule has 4 nitrogen and oxygen atoms in total. The second-order valence-corrected chi connectivity index (χ2v) is 4.54. The zero-order valence-corrected chi connectivity index (χ0v) is 9.43. The summed E-state index contributed by atoms with van der Waals surface area (Å²) in [6.45, 7) is 3.49. The molecule has 0 aromatic carbocycles. The topological polar surface area (TPSA) is 37.6 Å². The number of aliphatic hydroxyl groups is 1. The van der Waals surface area contributed by atoms with Gasteiger partial charge in [-0.2, -0.15) is 0 Å². The Hall–Kier alpha value is -1.00. The Morgan fingerprint density at radius 1 is 1.31 bits per heavy atom. The van der Waals surface area contributed by atoms with E-state index >= 15 is 0 Å². The molecule has 0 saturated carbocycles. The molecule has 0 bridgehead atoms. The lowest BCUT2D eigenvalue weighted by Crippen LogP contribution is -2.44. The van der Waals surface area contributed by atoms with Gasteiger partial charge in [0.15, 0.2) is 0 Å². The summed E-state index contributed by atoms with van der Waals surface area (Å²) in [5.74, 6) is 0. The third-order valence-electron chi connectivity index (χ3n) is 3.55. The molecule has 1 atom stereocenters. The average molecular weight is 222 g/mol. The molecule has 3 rings (SSSR count). The number of ether oxygens (including phenoxy) is 1. The minimum absolute atomic E-state index is 0.258. The minimum atomic E-state index is -0.258. The summed E-state index contributed by atoms with van der Waals surface area (Å²) >= 11 is 0. The van der Waals surface area contributed by atoms with Crippen molar-refractivity contribution in [1.82, 2.24) is 4.68 Å². The first-order chi connectivity index (χ1) is 7.86. The van der Waals surface area contributed by atoms with Crippen molar-refractivity contribution in [3.63, 3.8) is 0 Å². The number of hydrogen-bond donors (Lipinski definition) is 1. The molecule has 88 valence electrons. The van der Waals surface area contributed by atoms with E-state index in [1.54, 1.807) is 0 Å². The zero-order valence-electron chi connectivity index (χ0n) is 9.43. The van der Waals surface area contributed by atoms with Crippen molar-refractivity contribution in [3.05, 3.63) is 23.5 Å². The van der Waals surface area contributed by atoms with Gasteiger partial charge in [0.25, 0.3) is 0 Å². The molecule has 0 radical (unpaired) electrons. The van der Waals surface area contributed by atoms with E-state index in [9.17, 15) is 5.11 Å². The van der Waals surface area contributed by atoms with Crippen molar-refractivity contribution in [1.29, 1.82) is 0 Å². The number of rotatable bonds is 1. The van der Waals surface area contributed by atoms with Crippen LogP contribution in [0.3, 0.4) is 0 Å². The highest BCUT2D eigenvalue weighted by Gasteiger charge is 2.23. The standard InChI is InChI=1S/C12H18N2O2/c15-12-3-1-2-11-10(12)4-5-14(11)13-6-8-16-9-7-13/h4-5,12,15H,1-3,6-9H2. The van der Waals surface area contributed by atoms with Crippen LogP contribution >= 0.6 is 0 Å². The molecule has 1 aromatic rings. The molecule has 1 N–H and O–H groups in total. The highest BCUT2D eigenvalue weighted by molar-refractivity contribution is 5.28. The van der Waals surface area contributed by atoms with Crippen molar-refractivity contribution >= 4 is 0 Å². The predicted octanol–water partition coefficient (Wildman–Crippen LogP) is 0.826. The van der Waals surface area contributed by atoms with Crippen LogP contribution in [0.25, 0.3) is 0 Å². The molecule has 1 aromatic heterocycles. The van der Waals surface area contributed by atoms with E-state index < -0.39 is 0 Å². The van der Waals surface area contributed by atoms with Crippen molar-refractivity contribution in [2.24, 2.45) is 0 Å². The smallest absolute Gasteiger partial charge is 0.0808 e. The van der Waals surface area contributed by atoms with Crippen LogP contribution in [0, 0.1) is 0 Å². The minimum Gasteiger partial charge on any atom is -0.388 e. The fourth-order valence-electron chi connectivity index (χ4n) is 2.68. The molecule has 0 amide bonds. The molecule has 0 spiro atoms. The molecular weight excluding hydrogens is 204 g/mol. The predicted molar refractivity (Wildman–Crippen MR) is 61.1 cm³/mol. The Morgan fingerprint density at radius 2 is 2.12 bits per heavy atom. The first kappa shape index (κ1) is 10.2. The summed E-state index contributed by atoms with van der Waals surface area (Å²) in [4.78, 5) is 0. The lowest BCUT2D eigenvalue weighted by atomic mass is 9.95. The fraction of sp³-hybridized carbons (Fsp3) is 0.667. The number of nitrogens with zero attached hydrogens (tertiary/aromatic N) is 2. The Morgan fingerprint density at radius 3 is 2.94 bits per heavy atom. The van der Waals surface area contributed by atoms with Gasteiger partial charge in [0.05, 0.1) is 32.4 Å². The van der Waals surface area contributed by atoms with Crippen LogP contribution in [-0.4, -0.2) is 36.1 Å². The number of hydrogen-bond acceptors (Lipinski definition) is 3. The highest BCUT2D eigenvalue weighted by atomic mass is 16.5. The summed E-state index contributed by atoms with van der Waals surface area (Å²) in [6, 6.07) is 2.06. The van der Waals surface area contributed by atoms with E-state index in [0.717, 1.165) is 51.1 Å². The van der Waals surface area contributed by atoms with E-state index in [0.29, 0.717) is 0 Å². The van der Waals surface area contributed by atoms with Crippen LogP contribution in [-0.2, 0) is 11.2 Å². The van der Waals surface area contributed by atoms with Crippen LogP contribution in [0.2, 0.25) is 0 Å². The van der Waals surface area contributed by atoms with Gasteiger partial charge in [-0.25, -0.2) is 0 Å². The Balaban J connectivity index is 1.89. The molecule has 1 aliphatic heterocycles. The van der Waals surface area contributed by atoms with Crippen LogP contribution in [0.15, 0.2) is 12.3 Å². The van der Waals surface area contributed by atoms with Gasteiger partial charge in [-0.15, -0.1) is 0 Å². The summed E-state index contributed by atoms with van der Waals surface area (Å²) < 4.78 is 7.58. The van der Waals surface area contributed by atoms with Crippen LogP contribution in [0.4, 0.5) is 0 Å². The van der Waals surface area contributed by atoms with Gasteiger partial charge in [-0.1, -0.05) is 0 Å². The molecule has 1 aliphatic carbocycles. The first-order valence-electron chi connectivity index (χ1n) is 6.07. The number of morpholine rings is 1. The van der Waals surface area contributed by atoms with Gasteiger partial charge in [-0.3, -0.25) is 4.68 Å². The monoisotopic (exact) mass is 222 g/mol. The van der Waals surface area contributed by atoms with Crippen LogP contribution < -0.4 is 5.01 Å². The van der Waals surface area contributed by atoms with Gasteiger partial charge in [0.1, 0.15) is 0 Å². The van der Waals surface area contributed by atoms with Crippen molar-refractivity contribution in [3.8, 4) is 0 Å². The van der Waals surface area contributed by atoms with Crippen LogP contribution in [0.5, 0.6) is 0 Å². The van der Waals surface area contributed by atoms with Gasteiger partial charge in [0.2, 0.25) is 0 Å². The molecular formula is C12H18N2O2. The molecule has 2 aliphatic rings. The number of aromatic nitrogens is 1. The Kier molecular flexibility index (Phi) is 2.61. The highest BCUT2D eigenvalue weighted by Crippen LogP contribution is 2.30. The SMILES string of the molecule is OC1CCCc2c1ccn2N1CCOCC1. The summed E-state index contributed by atoms with van der Waals surface area (Å²) in [5.41, 5.74) is 2.42. The molecule has 1 fully saturated rings. The first-order valence-corrected chi connectivity index (χ1v) is 6.07. The second-order valence-electron chi connectivity index (χ2n) is 4.54. The van der Waals surface area contributed by atoms with Crippen molar-refractivity contribution in [2.45, 2.75) is 25.4 Å². The van der Waals surface area contributed by atoms with Crippen LogP contribution in [0.1, 0.15) is 30.2 Å². The van der Waals surface area contributed by atoms with E-state index in [-0.39, 0.29) is 6.10 Å². The van der Waals surface area contributed by atoms with E-state index in [2.05, 4.69) is 21.9 Å². The maximum absolute atomic E-state index is 9.92. The fourth-order valence-corrected chi connectivity index (χ4v) is 2.68. The van der Waals surface area contributed by atoms with Gasteiger partial charge in [-0.05, 0) is 25.3 Å². The third-order valence-corrected chi connectivity index (χ3v) is 3.55. The average Bonchev–Trinajstić information content (AvgIpc) is 2.75. The molecule has 1 saturated heterocycles. The van der Waals surface area contributed by atoms with E-state index in [1.807, 2.05) is 0 Å². The second kappa shape index (κ2) is 4.11. The van der Waals surface area contributed by atoms with E-state index in [4.69, 9.17) is 4.74 Å². The largest absolute Gasteiger partial charge is 0.388 e. The Bertz CT molecular complexity index is 369. The molecule has 4 heteroatoms. The number of aliphatic hydroxyl groups excluding tert-OH is 1. The van der Waals surface area contributed by atoms with Crippen molar-refractivity contribution < 1.29 is 9.84 Å². The number of fused-ring (bicyclic) bond motifs is 1. The third kappa shape index (κ3) is 1.62. The van der Waals surface area contributed by atoms with Gasteiger partial charge in [0, 0.05) is 17.5 Å². The van der Waals surface area contributed by atoms with E-state index in [1.165, 1.54) is 5.69 Å².